The molecule has 0 aliphatic carbocycles. The van der Waals surface area contributed by atoms with Crippen molar-refractivity contribution in [1.29, 1.82) is 0 Å². The molecule has 0 unspecified atom stereocenters. The van der Waals surface area contributed by atoms with E-state index in [0.717, 1.165) is 27.2 Å². The van der Waals surface area contributed by atoms with Crippen LogP contribution in [0.15, 0.2) is 47.8 Å². The van der Waals surface area contributed by atoms with Crippen molar-refractivity contribution in [3.8, 4) is 0 Å². The molecule has 4 aromatic rings. The zero-order valence-electron chi connectivity index (χ0n) is 15.7. The maximum Gasteiger partial charge on any atom is 0.268 e. The Morgan fingerprint density at radius 3 is 2.67 bits per heavy atom. The molecule has 138 valence electrons. The van der Waals surface area contributed by atoms with Crippen LogP contribution in [0.4, 0.5) is 0 Å². The van der Waals surface area contributed by atoms with Gasteiger partial charge in [0.15, 0.2) is 0 Å². The maximum absolute atomic E-state index is 13.0. The number of amides is 1. The molecule has 0 aliphatic heterocycles. The molecule has 0 saturated heterocycles. The number of carbonyl (C=O) groups is 1. The van der Waals surface area contributed by atoms with Gasteiger partial charge in [-0.1, -0.05) is 30.3 Å². The van der Waals surface area contributed by atoms with Crippen LogP contribution in [-0.2, 0) is 20.1 Å². The number of rotatable bonds is 5. The summed E-state index contributed by atoms with van der Waals surface area (Å²) in [4.78, 5) is 13.0. The Hall–Kier alpha value is -2.86. The Balaban J connectivity index is 1.61. The summed E-state index contributed by atoms with van der Waals surface area (Å²) >= 11 is 1.66. The minimum Gasteiger partial charge on any atom is -0.347 e. The largest absolute Gasteiger partial charge is 0.347 e. The summed E-state index contributed by atoms with van der Waals surface area (Å²) in [6, 6.07) is 14.3. The highest BCUT2D eigenvalue weighted by molar-refractivity contribution is 7.17. The highest BCUT2D eigenvalue weighted by Gasteiger charge is 2.18. The molecular formula is C21H22N4OS. The van der Waals surface area contributed by atoms with E-state index in [1.165, 1.54) is 5.56 Å². The zero-order valence-corrected chi connectivity index (χ0v) is 16.5. The minimum absolute atomic E-state index is 0.0583. The molecule has 0 spiro atoms. The average Bonchev–Trinajstić information content (AvgIpc) is 3.31. The first-order valence-corrected chi connectivity index (χ1v) is 9.80. The van der Waals surface area contributed by atoms with E-state index in [2.05, 4.69) is 38.6 Å². The quantitative estimate of drug-likeness (QED) is 0.570. The van der Waals surface area contributed by atoms with E-state index in [9.17, 15) is 4.79 Å². The summed E-state index contributed by atoms with van der Waals surface area (Å²) in [6.45, 7) is 5.15. The lowest BCUT2D eigenvalue weighted by Crippen LogP contribution is -2.26. The average molecular weight is 379 g/mol. The number of benzene rings is 1. The zero-order chi connectivity index (χ0) is 19.0. The van der Waals surface area contributed by atoms with E-state index in [-0.39, 0.29) is 5.91 Å². The monoisotopic (exact) mass is 378 g/mol. The molecule has 0 bridgehead atoms. The van der Waals surface area contributed by atoms with Crippen LogP contribution in [0.25, 0.3) is 10.2 Å². The molecule has 6 heteroatoms. The van der Waals surface area contributed by atoms with Crippen LogP contribution in [0.5, 0.6) is 0 Å². The lowest BCUT2D eigenvalue weighted by molar-refractivity contribution is 0.0942. The Labute approximate surface area is 162 Å². The van der Waals surface area contributed by atoms with Crippen molar-refractivity contribution in [2.24, 2.45) is 7.05 Å². The molecule has 0 saturated carbocycles. The Morgan fingerprint density at radius 1 is 1.19 bits per heavy atom. The highest BCUT2D eigenvalue weighted by atomic mass is 32.1. The van der Waals surface area contributed by atoms with Gasteiger partial charge in [0, 0.05) is 31.4 Å². The molecule has 3 heterocycles. The Kier molecular flexibility index (Phi) is 4.58. The van der Waals surface area contributed by atoms with E-state index < -0.39 is 0 Å². The predicted octanol–water partition coefficient (Wildman–Crippen LogP) is 4.03. The Bertz CT molecular complexity index is 1100. The molecule has 0 fully saturated rings. The van der Waals surface area contributed by atoms with E-state index in [4.69, 9.17) is 0 Å². The lowest BCUT2D eigenvalue weighted by atomic mass is 10.2. The van der Waals surface area contributed by atoms with E-state index in [1.807, 2.05) is 49.8 Å². The molecule has 0 atom stereocenters. The van der Waals surface area contributed by atoms with Crippen LogP contribution in [0.3, 0.4) is 0 Å². The van der Waals surface area contributed by atoms with Gasteiger partial charge in [-0.05, 0) is 36.9 Å². The number of nitrogens with one attached hydrogen (secondary N) is 1. The standard InChI is InChI=1S/C21H22N4OS/c1-14-17(15(2)24(3)23-14)12-22-21(26)19-11-20-18(9-10-27-20)25(19)13-16-7-5-4-6-8-16/h4-11H,12-13H2,1-3H3,(H,22,26). The van der Waals surface area contributed by atoms with Gasteiger partial charge in [0.2, 0.25) is 0 Å². The minimum atomic E-state index is -0.0583. The van der Waals surface area contributed by atoms with Crippen molar-refractivity contribution in [1.82, 2.24) is 19.7 Å². The number of hydrogen-bond donors (Lipinski definition) is 1. The summed E-state index contributed by atoms with van der Waals surface area (Å²) in [6.07, 6.45) is 0. The summed E-state index contributed by atoms with van der Waals surface area (Å²) in [5.74, 6) is -0.0583. The van der Waals surface area contributed by atoms with Crippen LogP contribution >= 0.6 is 11.3 Å². The molecule has 0 radical (unpaired) electrons. The van der Waals surface area contributed by atoms with E-state index >= 15 is 0 Å². The molecule has 5 nitrogen and oxygen atoms in total. The van der Waals surface area contributed by atoms with Gasteiger partial charge in [0.1, 0.15) is 5.69 Å². The maximum atomic E-state index is 13.0. The smallest absolute Gasteiger partial charge is 0.268 e. The van der Waals surface area contributed by atoms with Gasteiger partial charge in [-0.15, -0.1) is 11.3 Å². The van der Waals surface area contributed by atoms with Crippen molar-refractivity contribution >= 4 is 27.5 Å². The van der Waals surface area contributed by atoms with Gasteiger partial charge >= 0.3 is 0 Å². The third-order valence-corrected chi connectivity index (χ3v) is 5.88. The fourth-order valence-electron chi connectivity index (χ4n) is 3.43. The van der Waals surface area contributed by atoms with Crippen LogP contribution in [0.1, 0.15) is 33.0 Å². The second-order valence-electron chi connectivity index (χ2n) is 6.73. The first-order valence-electron chi connectivity index (χ1n) is 8.92. The van der Waals surface area contributed by atoms with Crippen LogP contribution in [-0.4, -0.2) is 20.3 Å². The van der Waals surface area contributed by atoms with Gasteiger partial charge in [-0.2, -0.15) is 5.10 Å². The molecule has 27 heavy (non-hydrogen) atoms. The van der Waals surface area contributed by atoms with Gasteiger partial charge in [-0.3, -0.25) is 9.48 Å². The third-order valence-electron chi connectivity index (χ3n) is 5.02. The molecule has 4 rings (SSSR count). The SMILES string of the molecule is Cc1nn(C)c(C)c1CNC(=O)c1cc2sccc2n1Cc1ccccc1. The highest BCUT2D eigenvalue weighted by Crippen LogP contribution is 2.26. The summed E-state index contributed by atoms with van der Waals surface area (Å²) in [5, 5.41) is 9.57. The normalized spacial score (nSPS) is 11.2. The third kappa shape index (κ3) is 3.28. The topological polar surface area (TPSA) is 51.9 Å². The molecule has 1 aromatic carbocycles. The second-order valence-corrected chi connectivity index (χ2v) is 7.67. The first kappa shape index (κ1) is 17.5. The predicted molar refractivity (Wildman–Crippen MR) is 109 cm³/mol. The number of hydrogen-bond acceptors (Lipinski definition) is 3. The van der Waals surface area contributed by atoms with Crippen molar-refractivity contribution in [3.63, 3.8) is 0 Å². The number of aryl methyl sites for hydroxylation is 2. The fraction of sp³-hybridized carbons (Fsp3) is 0.238. The van der Waals surface area contributed by atoms with Crippen molar-refractivity contribution in [2.75, 3.05) is 0 Å². The lowest BCUT2D eigenvalue weighted by Gasteiger charge is -2.11. The second kappa shape index (κ2) is 7.04. The van der Waals surface area contributed by atoms with Crippen LogP contribution < -0.4 is 5.32 Å². The van der Waals surface area contributed by atoms with Gasteiger partial charge in [0.05, 0.1) is 15.9 Å². The first-order chi connectivity index (χ1) is 13.0. The van der Waals surface area contributed by atoms with E-state index in [1.54, 1.807) is 11.3 Å². The van der Waals surface area contributed by atoms with Gasteiger partial charge in [-0.25, -0.2) is 0 Å². The fourth-order valence-corrected chi connectivity index (χ4v) is 4.26. The molecular weight excluding hydrogens is 356 g/mol. The Morgan fingerprint density at radius 2 is 1.96 bits per heavy atom. The number of carbonyl (C=O) groups excluding carboxylic acids is 1. The van der Waals surface area contributed by atoms with Gasteiger partial charge in [0.25, 0.3) is 5.91 Å². The summed E-state index contributed by atoms with van der Waals surface area (Å²) < 4.78 is 5.08. The molecule has 3 aromatic heterocycles. The summed E-state index contributed by atoms with van der Waals surface area (Å²) in [7, 11) is 1.92. The van der Waals surface area contributed by atoms with Crippen LogP contribution in [0, 0.1) is 13.8 Å². The molecule has 1 N–H and O–H groups in total. The van der Waals surface area contributed by atoms with Gasteiger partial charge < -0.3 is 9.88 Å². The van der Waals surface area contributed by atoms with Crippen molar-refractivity contribution in [3.05, 3.63) is 76.1 Å². The molecule has 1 amide bonds. The number of fused-ring (bicyclic) bond motifs is 1. The van der Waals surface area contributed by atoms with E-state index in [0.29, 0.717) is 18.8 Å². The number of nitrogens with zero attached hydrogens (tertiary/aromatic N) is 3. The number of aromatic nitrogens is 3. The van der Waals surface area contributed by atoms with Crippen LogP contribution in [0.2, 0.25) is 0 Å². The molecule has 0 aliphatic rings. The van der Waals surface area contributed by atoms with Crippen molar-refractivity contribution in [2.45, 2.75) is 26.9 Å². The number of thiophene rings is 1. The summed E-state index contributed by atoms with van der Waals surface area (Å²) in [5.41, 5.74) is 6.08. The van der Waals surface area contributed by atoms with Crippen molar-refractivity contribution < 1.29 is 4.79 Å².